The summed E-state index contributed by atoms with van der Waals surface area (Å²) in [6.45, 7) is 5.99. The Morgan fingerprint density at radius 3 is 2.85 bits per heavy atom. The topological polar surface area (TPSA) is 68.9 Å². The molecule has 0 fully saturated rings. The minimum Gasteiger partial charge on any atom is -0.348 e. The number of aromatic nitrogens is 3. The lowest BCUT2D eigenvalue weighted by molar-refractivity contribution is -0.122. The highest BCUT2D eigenvalue weighted by Gasteiger charge is 2.14. The first-order valence-corrected chi connectivity index (χ1v) is 9.27. The Bertz CT molecular complexity index is 1070. The van der Waals surface area contributed by atoms with Gasteiger partial charge < -0.3 is 9.88 Å². The summed E-state index contributed by atoms with van der Waals surface area (Å²) in [6, 6.07) is 9.50. The van der Waals surface area contributed by atoms with Crippen LogP contribution in [0, 0.1) is 3.95 Å². The molecule has 0 saturated carbocycles. The first kappa shape index (κ1) is 18.2. The number of nitrogens with one attached hydrogen (secondary N) is 1. The summed E-state index contributed by atoms with van der Waals surface area (Å²) in [5, 5.41) is 2.89. The molecule has 1 amide bonds. The molecule has 2 aromatic heterocycles. The monoisotopic (exact) mass is 386 g/mol. The van der Waals surface area contributed by atoms with Crippen molar-refractivity contribution in [2.45, 2.75) is 26.1 Å². The molecular weight excluding hydrogens is 368 g/mol. The van der Waals surface area contributed by atoms with Gasteiger partial charge in [0.05, 0.1) is 6.04 Å². The molecule has 0 bridgehead atoms. The number of thiazole rings is 1. The molecule has 0 spiro atoms. The Morgan fingerprint density at radius 2 is 2.15 bits per heavy atom. The maximum atomic E-state index is 12.7. The van der Waals surface area contributed by atoms with Crippen molar-refractivity contribution in [3.63, 3.8) is 0 Å². The van der Waals surface area contributed by atoms with E-state index >= 15 is 0 Å². The van der Waals surface area contributed by atoms with Gasteiger partial charge in [-0.3, -0.25) is 14.2 Å². The van der Waals surface area contributed by atoms with Gasteiger partial charge in [-0.25, -0.2) is 4.98 Å². The van der Waals surface area contributed by atoms with Crippen molar-refractivity contribution in [1.82, 2.24) is 19.4 Å². The normalized spacial score (nSPS) is 12.0. The summed E-state index contributed by atoms with van der Waals surface area (Å²) in [5.41, 5.74) is 1.26. The van der Waals surface area contributed by atoms with Crippen molar-refractivity contribution < 1.29 is 4.79 Å². The summed E-state index contributed by atoms with van der Waals surface area (Å²) in [5.74, 6) is -0.251. The van der Waals surface area contributed by atoms with Gasteiger partial charge in [-0.1, -0.05) is 47.7 Å². The van der Waals surface area contributed by atoms with Gasteiger partial charge in [-0.15, -0.1) is 6.58 Å². The second kappa shape index (κ2) is 7.76. The lowest BCUT2D eigenvalue weighted by atomic mass is 10.1. The molecule has 0 saturated heterocycles. The second-order valence-corrected chi connectivity index (χ2v) is 7.44. The smallest absolute Gasteiger partial charge is 0.273 e. The maximum Gasteiger partial charge on any atom is 0.273 e. The number of allylic oxidation sites excluding steroid dienone is 1. The Hall–Kier alpha value is -2.58. The number of rotatable bonds is 6. The molecule has 3 aromatic rings. The Kier molecular flexibility index (Phi) is 5.43. The molecule has 0 aliphatic rings. The number of fused-ring (bicyclic) bond motifs is 1. The van der Waals surface area contributed by atoms with Gasteiger partial charge in [0.1, 0.15) is 17.6 Å². The van der Waals surface area contributed by atoms with E-state index in [2.05, 4.69) is 16.9 Å². The van der Waals surface area contributed by atoms with Crippen LogP contribution >= 0.6 is 23.6 Å². The van der Waals surface area contributed by atoms with Gasteiger partial charge in [0.15, 0.2) is 9.60 Å². The Morgan fingerprint density at radius 1 is 1.42 bits per heavy atom. The van der Waals surface area contributed by atoms with E-state index in [4.69, 9.17) is 12.2 Å². The molecular formula is C18H18N4O2S2. The van der Waals surface area contributed by atoms with Crippen LogP contribution in [0.2, 0.25) is 0 Å². The second-order valence-electron chi connectivity index (χ2n) is 5.80. The molecule has 1 aromatic carbocycles. The van der Waals surface area contributed by atoms with Crippen LogP contribution in [0.5, 0.6) is 0 Å². The molecule has 8 heteroatoms. The van der Waals surface area contributed by atoms with E-state index < -0.39 is 0 Å². The van der Waals surface area contributed by atoms with Crippen molar-refractivity contribution in [3.05, 3.63) is 69.2 Å². The third kappa shape index (κ3) is 3.66. The molecule has 1 unspecified atom stereocenters. The molecule has 134 valence electrons. The predicted molar refractivity (Wildman–Crippen MR) is 106 cm³/mol. The number of hydrogen-bond acceptors (Lipinski definition) is 5. The summed E-state index contributed by atoms with van der Waals surface area (Å²) in [6.07, 6.45) is 3.09. The number of carbonyl (C=O) groups is 1. The Balaban J connectivity index is 1.82. The van der Waals surface area contributed by atoms with Crippen LogP contribution in [0.3, 0.4) is 0 Å². The first-order valence-electron chi connectivity index (χ1n) is 8.05. The number of carbonyl (C=O) groups excluding carboxylic acids is 1. The van der Waals surface area contributed by atoms with Gasteiger partial charge in [0.2, 0.25) is 5.91 Å². The third-order valence-corrected chi connectivity index (χ3v) is 5.37. The minimum absolute atomic E-state index is 0.0922. The molecule has 3 rings (SSSR count). The van der Waals surface area contributed by atoms with E-state index in [1.807, 2.05) is 37.3 Å². The van der Waals surface area contributed by atoms with Crippen LogP contribution in [-0.2, 0) is 17.9 Å². The quantitative estimate of drug-likeness (QED) is 0.522. The van der Waals surface area contributed by atoms with E-state index in [9.17, 15) is 9.59 Å². The van der Waals surface area contributed by atoms with Gasteiger partial charge in [-0.05, 0) is 24.7 Å². The van der Waals surface area contributed by atoms with E-state index in [1.165, 1.54) is 22.2 Å². The number of hydrogen-bond donors (Lipinski definition) is 1. The SMILES string of the molecule is C=CCn1c(=S)sc2c(=O)n(CC(=O)NC(C)c3ccccc3)cnc21. The molecule has 1 atom stereocenters. The highest BCUT2D eigenvalue weighted by Crippen LogP contribution is 2.17. The minimum atomic E-state index is -0.267. The fraction of sp³-hybridized carbons (Fsp3) is 0.222. The van der Waals surface area contributed by atoms with E-state index in [0.717, 1.165) is 5.56 Å². The average Bonchev–Trinajstić information content (AvgIpc) is 2.95. The predicted octanol–water partition coefficient (Wildman–Crippen LogP) is 3.05. The van der Waals surface area contributed by atoms with Crippen molar-refractivity contribution in [1.29, 1.82) is 0 Å². The van der Waals surface area contributed by atoms with Crippen molar-refractivity contribution >= 4 is 39.8 Å². The van der Waals surface area contributed by atoms with Crippen LogP contribution in [-0.4, -0.2) is 20.0 Å². The van der Waals surface area contributed by atoms with Gasteiger partial charge in [0, 0.05) is 6.54 Å². The largest absolute Gasteiger partial charge is 0.348 e. The van der Waals surface area contributed by atoms with Crippen LogP contribution in [0.1, 0.15) is 18.5 Å². The number of amides is 1. The van der Waals surface area contributed by atoms with Crippen molar-refractivity contribution in [2.75, 3.05) is 0 Å². The van der Waals surface area contributed by atoms with Crippen LogP contribution in [0.25, 0.3) is 10.3 Å². The van der Waals surface area contributed by atoms with Gasteiger partial charge >= 0.3 is 0 Å². The third-order valence-electron chi connectivity index (χ3n) is 3.95. The van der Waals surface area contributed by atoms with Gasteiger partial charge in [0.25, 0.3) is 5.56 Å². The van der Waals surface area contributed by atoms with E-state index in [-0.39, 0.29) is 24.1 Å². The highest BCUT2D eigenvalue weighted by atomic mass is 32.1. The van der Waals surface area contributed by atoms with Gasteiger partial charge in [-0.2, -0.15) is 0 Å². The fourth-order valence-corrected chi connectivity index (χ4v) is 3.96. The summed E-state index contributed by atoms with van der Waals surface area (Å²) in [4.78, 5) is 29.3. The summed E-state index contributed by atoms with van der Waals surface area (Å²) >= 11 is 6.49. The number of nitrogens with zero attached hydrogens (tertiary/aromatic N) is 3. The van der Waals surface area contributed by atoms with Crippen molar-refractivity contribution in [2.24, 2.45) is 0 Å². The zero-order chi connectivity index (χ0) is 18.7. The van der Waals surface area contributed by atoms with Crippen molar-refractivity contribution in [3.8, 4) is 0 Å². The van der Waals surface area contributed by atoms with E-state index in [1.54, 1.807) is 10.6 Å². The molecule has 26 heavy (non-hydrogen) atoms. The van der Waals surface area contributed by atoms with E-state index in [0.29, 0.717) is 20.8 Å². The van der Waals surface area contributed by atoms with Crippen LogP contribution in [0.4, 0.5) is 0 Å². The highest BCUT2D eigenvalue weighted by molar-refractivity contribution is 7.73. The zero-order valence-corrected chi connectivity index (χ0v) is 15.8. The molecule has 2 heterocycles. The summed E-state index contributed by atoms with van der Waals surface area (Å²) < 4.78 is 4.07. The van der Waals surface area contributed by atoms with Crippen LogP contribution < -0.4 is 10.9 Å². The average molecular weight is 387 g/mol. The zero-order valence-electron chi connectivity index (χ0n) is 14.2. The lowest BCUT2D eigenvalue weighted by Crippen LogP contribution is -2.33. The standard InChI is InChI=1S/C18H18N4O2S2/c1-3-9-22-16-15(26-18(22)25)17(24)21(11-19-16)10-14(23)20-12(2)13-7-5-4-6-8-13/h3-8,11-12H,1,9-10H2,2H3,(H,20,23). The fourth-order valence-electron chi connectivity index (χ4n) is 2.64. The first-order chi connectivity index (χ1) is 12.5. The molecule has 0 aliphatic heterocycles. The lowest BCUT2D eigenvalue weighted by Gasteiger charge is -2.14. The number of benzene rings is 1. The molecule has 6 nitrogen and oxygen atoms in total. The molecule has 1 N–H and O–H groups in total. The maximum absolute atomic E-state index is 12.7. The summed E-state index contributed by atoms with van der Waals surface area (Å²) in [7, 11) is 0. The Labute approximate surface area is 159 Å². The molecule has 0 aliphatic carbocycles. The molecule has 0 radical (unpaired) electrons. The van der Waals surface area contributed by atoms with Crippen LogP contribution in [0.15, 0.2) is 54.1 Å².